The summed E-state index contributed by atoms with van der Waals surface area (Å²) in [5.41, 5.74) is 4.68. The van der Waals surface area contributed by atoms with Crippen LogP contribution < -0.4 is 9.47 Å². The van der Waals surface area contributed by atoms with E-state index in [1.165, 1.54) is 178 Å². The molecule has 0 atom stereocenters. The number of unbranched alkanes of at least 4 members (excludes halogenated alkanes) is 26. The third-order valence-corrected chi connectivity index (χ3v) is 11.3. The molecular formula is C50H78O2S. The van der Waals surface area contributed by atoms with Gasteiger partial charge in [-0.3, -0.25) is 0 Å². The third kappa shape index (κ3) is 21.3. The first kappa shape index (κ1) is 45.0. The molecule has 0 aliphatic heterocycles. The topological polar surface area (TPSA) is 18.5 Å². The Morgan fingerprint density at radius 1 is 0.340 bits per heavy atom. The molecule has 0 saturated heterocycles. The molecule has 0 saturated carbocycles. The fourth-order valence-electron chi connectivity index (χ4n) is 7.39. The standard InChI is InChI=1S/C50H78O2S/c1-3-5-7-9-11-13-15-17-19-21-23-25-27-29-41-51-47-36-31-44(32-37-47)46-35-40-50(53)49(43-46)45-33-38-48(39-34-45)52-42-30-28-26-24-22-20-18-16-14-12-10-8-6-4-2/h31-40,43,53H,3-30,41-42H2,1-2H3. The summed E-state index contributed by atoms with van der Waals surface area (Å²) in [7, 11) is 0. The lowest BCUT2D eigenvalue weighted by atomic mass is 9.99. The highest BCUT2D eigenvalue weighted by Gasteiger charge is 2.08. The lowest BCUT2D eigenvalue weighted by Crippen LogP contribution is -1.97. The summed E-state index contributed by atoms with van der Waals surface area (Å²) in [5.74, 6) is 1.91. The van der Waals surface area contributed by atoms with Crippen LogP contribution in [0.1, 0.15) is 194 Å². The summed E-state index contributed by atoms with van der Waals surface area (Å²) in [5, 5.41) is 0. The molecule has 0 spiro atoms. The Morgan fingerprint density at radius 2 is 0.642 bits per heavy atom. The highest BCUT2D eigenvalue weighted by Crippen LogP contribution is 2.33. The van der Waals surface area contributed by atoms with Gasteiger partial charge in [0.25, 0.3) is 0 Å². The van der Waals surface area contributed by atoms with Gasteiger partial charge in [0, 0.05) is 4.90 Å². The summed E-state index contributed by atoms with van der Waals surface area (Å²) >= 11 is 4.80. The van der Waals surface area contributed by atoms with E-state index < -0.39 is 0 Å². The van der Waals surface area contributed by atoms with Gasteiger partial charge in [-0.05, 0) is 71.5 Å². The fraction of sp³-hybridized carbons (Fsp3) is 0.640. The molecular weight excluding hydrogens is 665 g/mol. The zero-order chi connectivity index (χ0) is 37.4. The molecule has 0 radical (unpaired) electrons. The van der Waals surface area contributed by atoms with Crippen LogP contribution in [0.3, 0.4) is 0 Å². The number of benzene rings is 3. The van der Waals surface area contributed by atoms with E-state index in [2.05, 4.69) is 80.6 Å². The lowest BCUT2D eigenvalue weighted by Gasteiger charge is -2.12. The molecule has 0 fully saturated rings. The predicted octanol–water partition coefficient (Wildman–Crippen LogP) is 17.0. The molecule has 0 aromatic heterocycles. The van der Waals surface area contributed by atoms with Crippen LogP contribution in [-0.4, -0.2) is 13.2 Å². The molecule has 53 heavy (non-hydrogen) atoms. The molecule has 0 aliphatic carbocycles. The Hall–Kier alpha value is -2.39. The summed E-state index contributed by atoms with van der Waals surface area (Å²) in [6, 6.07) is 23.6. The molecule has 3 rings (SSSR count). The van der Waals surface area contributed by atoms with Crippen molar-refractivity contribution in [2.75, 3.05) is 13.2 Å². The van der Waals surface area contributed by atoms with Gasteiger partial charge in [0.1, 0.15) is 11.5 Å². The lowest BCUT2D eigenvalue weighted by molar-refractivity contribution is 0.304. The van der Waals surface area contributed by atoms with Crippen LogP contribution in [0, 0.1) is 0 Å². The Labute approximate surface area is 333 Å². The Bertz CT molecular complexity index is 1270. The van der Waals surface area contributed by atoms with Gasteiger partial charge in [-0.15, -0.1) is 12.6 Å². The van der Waals surface area contributed by atoms with Crippen molar-refractivity contribution in [2.24, 2.45) is 0 Å². The zero-order valence-corrected chi connectivity index (χ0v) is 35.2. The van der Waals surface area contributed by atoms with Crippen LogP contribution in [0.2, 0.25) is 0 Å². The largest absolute Gasteiger partial charge is 0.494 e. The normalized spacial score (nSPS) is 11.3. The quantitative estimate of drug-likeness (QED) is 0.0485. The third-order valence-electron chi connectivity index (χ3n) is 10.9. The molecule has 0 heterocycles. The summed E-state index contributed by atoms with van der Waals surface area (Å²) in [4.78, 5) is 0.984. The molecule has 3 heteroatoms. The molecule has 2 nitrogen and oxygen atoms in total. The molecule has 0 unspecified atom stereocenters. The average molecular weight is 743 g/mol. The zero-order valence-electron chi connectivity index (χ0n) is 34.3. The van der Waals surface area contributed by atoms with Gasteiger partial charge in [0.15, 0.2) is 0 Å². The Balaban J connectivity index is 1.24. The number of thiol groups is 1. The monoisotopic (exact) mass is 743 g/mol. The van der Waals surface area contributed by atoms with Gasteiger partial charge in [-0.25, -0.2) is 0 Å². The maximum absolute atomic E-state index is 6.09. The molecule has 3 aromatic rings. The van der Waals surface area contributed by atoms with Gasteiger partial charge in [0.2, 0.25) is 0 Å². The smallest absolute Gasteiger partial charge is 0.119 e. The van der Waals surface area contributed by atoms with Crippen LogP contribution in [0.5, 0.6) is 11.5 Å². The minimum Gasteiger partial charge on any atom is -0.494 e. The minimum absolute atomic E-state index is 0.795. The van der Waals surface area contributed by atoms with Crippen LogP contribution >= 0.6 is 12.6 Å². The van der Waals surface area contributed by atoms with E-state index in [0.29, 0.717) is 0 Å². The first-order chi connectivity index (χ1) is 26.2. The Kier molecular flexibility index (Phi) is 26.2. The molecule has 0 N–H and O–H groups in total. The van der Waals surface area contributed by atoms with E-state index >= 15 is 0 Å². The van der Waals surface area contributed by atoms with E-state index in [4.69, 9.17) is 22.1 Å². The SMILES string of the molecule is CCCCCCCCCCCCCCCCOc1ccc(-c2ccc(S)c(-c3ccc(OCCCCCCCCCCCCCCCC)cc3)c2)cc1. The van der Waals surface area contributed by atoms with Crippen molar-refractivity contribution in [1.29, 1.82) is 0 Å². The highest BCUT2D eigenvalue weighted by molar-refractivity contribution is 7.80. The summed E-state index contributed by atoms with van der Waals surface area (Å²) < 4.78 is 12.2. The van der Waals surface area contributed by atoms with E-state index in [1.54, 1.807) is 0 Å². The van der Waals surface area contributed by atoms with Crippen molar-refractivity contribution in [3.05, 3.63) is 66.7 Å². The van der Waals surface area contributed by atoms with Crippen molar-refractivity contribution in [1.82, 2.24) is 0 Å². The van der Waals surface area contributed by atoms with Gasteiger partial charge in [-0.2, -0.15) is 0 Å². The minimum atomic E-state index is 0.795. The second-order valence-corrected chi connectivity index (χ2v) is 16.2. The van der Waals surface area contributed by atoms with Crippen LogP contribution in [0.15, 0.2) is 71.6 Å². The summed E-state index contributed by atoms with van der Waals surface area (Å²) in [6.45, 7) is 6.18. The van der Waals surface area contributed by atoms with E-state index in [0.717, 1.165) is 53.6 Å². The first-order valence-electron chi connectivity index (χ1n) is 22.5. The fourth-order valence-corrected chi connectivity index (χ4v) is 7.66. The van der Waals surface area contributed by atoms with Gasteiger partial charge in [-0.1, -0.05) is 211 Å². The second kappa shape index (κ2) is 30.9. The predicted molar refractivity (Wildman–Crippen MR) is 236 cm³/mol. The Morgan fingerprint density at radius 3 is 1.00 bits per heavy atom. The number of hydrogen-bond donors (Lipinski definition) is 1. The highest BCUT2D eigenvalue weighted by atomic mass is 32.1. The van der Waals surface area contributed by atoms with Crippen LogP contribution in [0.25, 0.3) is 22.3 Å². The van der Waals surface area contributed by atoms with E-state index in [9.17, 15) is 0 Å². The van der Waals surface area contributed by atoms with Crippen LogP contribution in [-0.2, 0) is 0 Å². The molecule has 0 bridgehead atoms. The van der Waals surface area contributed by atoms with Crippen molar-refractivity contribution in [3.63, 3.8) is 0 Å². The number of rotatable bonds is 34. The van der Waals surface area contributed by atoms with Crippen molar-refractivity contribution in [2.45, 2.75) is 199 Å². The maximum atomic E-state index is 6.09. The van der Waals surface area contributed by atoms with Crippen LogP contribution in [0.4, 0.5) is 0 Å². The molecule has 3 aromatic carbocycles. The molecule has 0 amide bonds. The maximum Gasteiger partial charge on any atom is 0.119 e. The van der Waals surface area contributed by atoms with Gasteiger partial charge >= 0.3 is 0 Å². The number of ether oxygens (including phenoxy) is 2. The van der Waals surface area contributed by atoms with Gasteiger partial charge in [0.05, 0.1) is 13.2 Å². The molecule has 0 aliphatic rings. The van der Waals surface area contributed by atoms with Crippen molar-refractivity contribution >= 4 is 12.6 Å². The van der Waals surface area contributed by atoms with Crippen molar-refractivity contribution < 1.29 is 9.47 Å². The van der Waals surface area contributed by atoms with Crippen molar-refractivity contribution in [3.8, 4) is 33.8 Å². The second-order valence-electron chi connectivity index (χ2n) is 15.7. The van der Waals surface area contributed by atoms with E-state index in [1.807, 2.05) is 0 Å². The molecule has 296 valence electrons. The summed E-state index contributed by atoms with van der Waals surface area (Å²) in [6.07, 6.45) is 38.6. The number of hydrogen-bond acceptors (Lipinski definition) is 3. The van der Waals surface area contributed by atoms with E-state index in [-0.39, 0.29) is 0 Å². The van der Waals surface area contributed by atoms with Gasteiger partial charge < -0.3 is 9.47 Å². The average Bonchev–Trinajstić information content (AvgIpc) is 3.18. The first-order valence-corrected chi connectivity index (χ1v) is 23.0.